The van der Waals surface area contributed by atoms with Crippen molar-refractivity contribution in [3.05, 3.63) is 71.8 Å². The minimum Gasteiger partial charge on any atom is -0.285 e. The predicted octanol–water partition coefficient (Wildman–Crippen LogP) is 6.63. The second kappa shape index (κ2) is 8.47. The van der Waals surface area contributed by atoms with Crippen LogP contribution in [0.1, 0.15) is 53.0 Å². The van der Waals surface area contributed by atoms with Crippen LogP contribution in [0, 0.1) is 17.3 Å². The van der Waals surface area contributed by atoms with Gasteiger partial charge in [0.25, 0.3) is 0 Å². The van der Waals surface area contributed by atoms with Gasteiger partial charge in [-0.1, -0.05) is 89.3 Å². The zero-order valence-electron chi connectivity index (χ0n) is 16.5. The number of hydrogen-bond donors (Lipinski definition) is 0. The minimum absolute atomic E-state index is 0.0130. The molecule has 1 aliphatic carbocycles. The number of rotatable bonds is 7. The molecule has 1 aliphatic rings. The van der Waals surface area contributed by atoms with Gasteiger partial charge in [-0.25, -0.2) is 0 Å². The SMILES string of the molecule is C=C(CN=C(C)c1ccccc1)C1(C)C=CC(C(C)C(C)CC)=CC1. The average molecular weight is 336 g/mol. The quantitative estimate of drug-likeness (QED) is 0.392. The standard InChI is InChI=1S/C24H33N/c1-7-18(2)20(4)22-13-15-24(6,16-14-22)19(3)17-25-21(5)23-11-9-8-10-12-23/h8-15,18,20H,3,7,16-17H2,1-2,4-6H3. The Hall–Kier alpha value is -1.89. The summed E-state index contributed by atoms with van der Waals surface area (Å²) in [6.07, 6.45) is 9.33. The monoisotopic (exact) mass is 335 g/mol. The van der Waals surface area contributed by atoms with E-state index in [1.54, 1.807) is 0 Å². The lowest BCUT2D eigenvalue weighted by Crippen LogP contribution is -2.21. The molecule has 2 rings (SSSR count). The van der Waals surface area contributed by atoms with Crippen LogP contribution in [0.3, 0.4) is 0 Å². The van der Waals surface area contributed by atoms with Crippen LogP contribution in [-0.4, -0.2) is 12.3 Å². The lowest BCUT2D eigenvalue weighted by molar-refractivity contribution is 0.423. The number of aliphatic imine (C=N–C) groups is 1. The van der Waals surface area contributed by atoms with E-state index >= 15 is 0 Å². The molecule has 134 valence electrons. The summed E-state index contributed by atoms with van der Waals surface area (Å²) in [6, 6.07) is 10.4. The van der Waals surface area contributed by atoms with Crippen molar-refractivity contribution in [2.24, 2.45) is 22.2 Å². The Bertz CT molecular complexity index is 677. The van der Waals surface area contributed by atoms with Crippen molar-refractivity contribution >= 4 is 5.71 Å². The first kappa shape index (κ1) is 19.4. The summed E-state index contributed by atoms with van der Waals surface area (Å²) in [4.78, 5) is 4.77. The first-order chi connectivity index (χ1) is 11.9. The first-order valence-electron chi connectivity index (χ1n) is 9.51. The van der Waals surface area contributed by atoms with Crippen molar-refractivity contribution in [3.63, 3.8) is 0 Å². The molecule has 1 aromatic rings. The second-order valence-corrected chi connectivity index (χ2v) is 7.70. The average Bonchev–Trinajstić information content (AvgIpc) is 2.65. The fourth-order valence-corrected chi connectivity index (χ4v) is 3.19. The molecular formula is C24H33N. The molecule has 3 atom stereocenters. The summed E-state index contributed by atoms with van der Waals surface area (Å²) in [5.74, 6) is 1.35. The molecule has 0 N–H and O–H groups in total. The molecule has 0 aliphatic heterocycles. The maximum absolute atomic E-state index is 4.77. The molecule has 1 nitrogen and oxygen atoms in total. The lowest BCUT2D eigenvalue weighted by Gasteiger charge is -2.32. The fourth-order valence-electron chi connectivity index (χ4n) is 3.19. The fraction of sp³-hybridized carbons (Fsp3) is 0.458. The summed E-state index contributed by atoms with van der Waals surface area (Å²) in [5.41, 5.74) is 4.93. The molecular weight excluding hydrogens is 302 g/mol. The largest absolute Gasteiger partial charge is 0.285 e. The molecule has 0 amide bonds. The zero-order valence-corrected chi connectivity index (χ0v) is 16.5. The zero-order chi connectivity index (χ0) is 18.4. The molecule has 0 bridgehead atoms. The summed E-state index contributed by atoms with van der Waals surface area (Å²) in [7, 11) is 0. The Morgan fingerprint density at radius 1 is 1.24 bits per heavy atom. The molecule has 0 saturated heterocycles. The van der Waals surface area contributed by atoms with Crippen LogP contribution in [0.25, 0.3) is 0 Å². The van der Waals surface area contributed by atoms with E-state index in [-0.39, 0.29) is 5.41 Å². The normalized spacial score (nSPS) is 23.1. The molecule has 0 radical (unpaired) electrons. The van der Waals surface area contributed by atoms with E-state index in [2.05, 4.69) is 83.7 Å². The van der Waals surface area contributed by atoms with Crippen LogP contribution in [-0.2, 0) is 0 Å². The molecule has 0 heterocycles. The van der Waals surface area contributed by atoms with Gasteiger partial charge < -0.3 is 0 Å². The molecule has 0 aromatic heterocycles. The molecule has 0 fully saturated rings. The minimum atomic E-state index is 0.0130. The number of allylic oxidation sites excluding steroid dienone is 4. The number of nitrogens with zero attached hydrogens (tertiary/aromatic N) is 1. The molecule has 1 aromatic carbocycles. The van der Waals surface area contributed by atoms with E-state index in [4.69, 9.17) is 4.99 Å². The molecule has 3 unspecified atom stereocenters. The van der Waals surface area contributed by atoms with Crippen LogP contribution < -0.4 is 0 Å². The van der Waals surface area contributed by atoms with Crippen LogP contribution in [0.4, 0.5) is 0 Å². The molecule has 1 heteroatoms. The Labute approximate surface area is 154 Å². The Balaban J connectivity index is 2.01. The Morgan fingerprint density at radius 3 is 2.48 bits per heavy atom. The van der Waals surface area contributed by atoms with E-state index in [1.807, 2.05) is 6.07 Å². The van der Waals surface area contributed by atoms with Crippen molar-refractivity contribution in [2.45, 2.75) is 47.5 Å². The van der Waals surface area contributed by atoms with Gasteiger partial charge in [-0.3, -0.25) is 4.99 Å². The van der Waals surface area contributed by atoms with Gasteiger partial charge in [0.2, 0.25) is 0 Å². The van der Waals surface area contributed by atoms with Crippen molar-refractivity contribution in [1.82, 2.24) is 0 Å². The number of benzene rings is 1. The van der Waals surface area contributed by atoms with Gasteiger partial charge in [0.1, 0.15) is 0 Å². The van der Waals surface area contributed by atoms with Gasteiger partial charge in [-0.2, -0.15) is 0 Å². The van der Waals surface area contributed by atoms with Crippen molar-refractivity contribution in [1.29, 1.82) is 0 Å². The maximum atomic E-state index is 4.77. The summed E-state index contributed by atoms with van der Waals surface area (Å²) in [5, 5.41) is 0. The van der Waals surface area contributed by atoms with Crippen molar-refractivity contribution in [3.8, 4) is 0 Å². The third-order valence-corrected chi connectivity index (χ3v) is 5.94. The predicted molar refractivity (Wildman–Crippen MR) is 111 cm³/mol. The van der Waals surface area contributed by atoms with Gasteiger partial charge >= 0.3 is 0 Å². The van der Waals surface area contributed by atoms with Gasteiger partial charge in [-0.05, 0) is 41.9 Å². The molecule has 25 heavy (non-hydrogen) atoms. The third-order valence-electron chi connectivity index (χ3n) is 5.94. The lowest BCUT2D eigenvalue weighted by atomic mass is 9.73. The Kier molecular flexibility index (Phi) is 6.58. The van der Waals surface area contributed by atoms with E-state index < -0.39 is 0 Å². The topological polar surface area (TPSA) is 12.4 Å². The van der Waals surface area contributed by atoms with Gasteiger partial charge in [0, 0.05) is 11.1 Å². The van der Waals surface area contributed by atoms with E-state index in [0.717, 1.165) is 18.1 Å². The van der Waals surface area contributed by atoms with Crippen LogP contribution >= 0.6 is 0 Å². The first-order valence-corrected chi connectivity index (χ1v) is 9.51. The molecule has 0 spiro atoms. The van der Waals surface area contributed by atoms with Gasteiger partial charge in [-0.15, -0.1) is 0 Å². The van der Waals surface area contributed by atoms with Crippen LogP contribution in [0.2, 0.25) is 0 Å². The van der Waals surface area contributed by atoms with Crippen molar-refractivity contribution < 1.29 is 0 Å². The molecule has 0 saturated carbocycles. The summed E-state index contributed by atoms with van der Waals surface area (Å²) in [6.45, 7) is 16.3. The highest BCUT2D eigenvalue weighted by Gasteiger charge is 2.27. The Morgan fingerprint density at radius 2 is 1.92 bits per heavy atom. The second-order valence-electron chi connectivity index (χ2n) is 7.70. The van der Waals surface area contributed by atoms with Gasteiger partial charge in [0.15, 0.2) is 0 Å². The maximum Gasteiger partial charge on any atom is 0.0608 e. The van der Waals surface area contributed by atoms with E-state index in [0.29, 0.717) is 12.5 Å². The highest BCUT2D eigenvalue weighted by atomic mass is 14.7. The van der Waals surface area contributed by atoms with E-state index in [9.17, 15) is 0 Å². The highest BCUT2D eigenvalue weighted by Crippen LogP contribution is 2.38. The smallest absolute Gasteiger partial charge is 0.0608 e. The van der Waals surface area contributed by atoms with E-state index in [1.165, 1.54) is 23.1 Å². The highest BCUT2D eigenvalue weighted by molar-refractivity contribution is 5.98. The van der Waals surface area contributed by atoms with Crippen LogP contribution in [0.15, 0.2) is 71.3 Å². The van der Waals surface area contributed by atoms with Crippen molar-refractivity contribution in [2.75, 3.05) is 6.54 Å². The summed E-state index contributed by atoms with van der Waals surface area (Å²) < 4.78 is 0. The summed E-state index contributed by atoms with van der Waals surface area (Å²) >= 11 is 0. The van der Waals surface area contributed by atoms with Gasteiger partial charge in [0.05, 0.1) is 6.54 Å². The van der Waals surface area contributed by atoms with Crippen LogP contribution in [0.5, 0.6) is 0 Å². The third kappa shape index (κ3) is 4.81. The number of hydrogen-bond acceptors (Lipinski definition) is 1.